The van der Waals surface area contributed by atoms with Crippen molar-refractivity contribution in [3.8, 4) is 0 Å². The fraction of sp³-hybridized carbons (Fsp3) is 0.545. The number of halogens is 1. The molecule has 0 aromatic carbocycles. The van der Waals surface area contributed by atoms with Crippen LogP contribution in [0.1, 0.15) is 6.42 Å². The monoisotopic (exact) mass is 299 g/mol. The van der Waals surface area contributed by atoms with Crippen LogP contribution in [0.5, 0.6) is 0 Å². The van der Waals surface area contributed by atoms with Crippen molar-refractivity contribution in [1.82, 2.24) is 5.06 Å². The quantitative estimate of drug-likeness (QED) is 0.427. The molecule has 0 aromatic heterocycles. The first kappa shape index (κ1) is 11.0. The van der Waals surface area contributed by atoms with Gasteiger partial charge in [-0.05, 0) is 18.3 Å². The first-order valence-corrected chi connectivity index (χ1v) is 6.58. The molecule has 4 atom stereocenters. The maximum absolute atomic E-state index is 12.0. The third-order valence-electron chi connectivity index (χ3n) is 3.73. The van der Waals surface area contributed by atoms with Crippen LogP contribution >= 0.6 is 15.9 Å². The van der Waals surface area contributed by atoms with Crippen molar-refractivity contribution in [2.24, 2.45) is 23.7 Å². The van der Waals surface area contributed by atoms with E-state index in [1.165, 1.54) is 0 Å². The molecule has 6 heteroatoms. The molecule has 1 heterocycles. The van der Waals surface area contributed by atoms with Gasteiger partial charge in [0.25, 0.3) is 11.8 Å². The zero-order valence-electron chi connectivity index (χ0n) is 8.84. The molecule has 2 aliphatic carbocycles. The topological polar surface area (TPSA) is 63.7 Å². The molecule has 5 nitrogen and oxygen atoms in total. The van der Waals surface area contributed by atoms with Crippen LogP contribution in [-0.2, 0) is 19.2 Å². The van der Waals surface area contributed by atoms with E-state index in [1.807, 2.05) is 12.2 Å². The number of hydrogen-bond acceptors (Lipinski definition) is 4. The highest BCUT2D eigenvalue weighted by Crippen LogP contribution is 2.52. The summed E-state index contributed by atoms with van der Waals surface area (Å²) >= 11 is 2.92. The highest BCUT2D eigenvalue weighted by molar-refractivity contribution is 9.09. The summed E-state index contributed by atoms with van der Waals surface area (Å²) in [6, 6.07) is 0. The molecule has 1 saturated carbocycles. The van der Waals surface area contributed by atoms with Crippen LogP contribution < -0.4 is 0 Å². The Balaban J connectivity index is 1.85. The summed E-state index contributed by atoms with van der Waals surface area (Å²) in [5, 5.41) is 0.621. The average Bonchev–Trinajstić information content (AvgIpc) is 2.98. The van der Waals surface area contributed by atoms with Gasteiger partial charge in [-0.1, -0.05) is 28.1 Å². The minimum atomic E-state index is -0.632. The van der Waals surface area contributed by atoms with E-state index in [4.69, 9.17) is 4.84 Å². The number of hydroxylamine groups is 2. The van der Waals surface area contributed by atoms with Gasteiger partial charge in [0.1, 0.15) is 5.33 Å². The summed E-state index contributed by atoms with van der Waals surface area (Å²) in [5.41, 5.74) is 0. The smallest absolute Gasteiger partial charge is 0.329 e. The van der Waals surface area contributed by atoms with E-state index in [0.29, 0.717) is 5.06 Å². The van der Waals surface area contributed by atoms with Crippen molar-refractivity contribution in [1.29, 1.82) is 0 Å². The SMILES string of the molecule is O=C(CBr)ON1C(=O)C2C3C=C[C@@H](C3)C2C1=O. The second-order valence-corrected chi connectivity index (χ2v) is 5.13. The van der Waals surface area contributed by atoms with Gasteiger partial charge in [-0.15, -0.1) is 5.06 Å². The largest absolute Gasteiger partial charge is 0.343 e. The molecular formula is C11H10BrNO4. The van der Waals surface area contributed by atoms with Gasteiger partial charge in [-0.3, -0.25) is 9.59 Å². The maximum atomic E-state index is 12.0. The lowest BCUT2D eigenvalue weighted by molar-refractivity contribution is -0.197. The summed E-state index contributed by atoms with van der Waals surface area (Å²) in [7, 11) is 0. The van der Waals surface area contributed by atoms with Gasteiger partial charge < -0.3 is 4.84 Å². The van der Waals surface area contributed by atoms with Gasteiger partial charge in [0.2, 0.25) is 0 Å². The van der Waals surface area contributed by atoms with E-state index >= 15 is 0 Å². The molecule has 17 heavy (non-hydrogen) atoms. The van der Waals surface area contributed by atoms with Crippen LogP contribution in [0.2, 0.25) is 0 Å². The van der Waals surface area contributed by atoms with Crippen LogP contribution in [0.4, 0.5) is 0 Å². The summed E-state index contributed by atoms with van der Waals surface area (Å²) < 4.78 is 0. The lowest BCUT2D eigenvalue weighted by atomic mass is 9.85. The van der Waals surface area contributed by atoms with E-state index in [0.717, 1.165) is 6.42 Å². The predicted molar refractivity (Wildman–Crippen MR) is 59.5 cm³/mol. The second kappa shape index (κ2) is 3.66. The summed E-state index contributed by atoms with van der Waals surface area (Å²) in [5.74, 6) is -1.74. The zero-order chi connectivity index (χ0) is 12.2. The van der Waals surface area contributed by atoms with Crippen molar-refractivity contribution >= 4 is 33.7 Å². The number of alkyl halides is 1. The zero-order valence-corrected chi connectivity index (χ0v) is 10.4. The average molecular weight is 300 g/mol. The molecule has 3 unspecified atom stereocenters. The summed E-state index contributed by atoms with van der Waals surface area (Å²) in [4.78, 5) is 39.9. The molecule has 2 amide bonds. The summed E-state index contributed by atoms with van der Waals surface area (Å²) in [6.07, 6.45) is 4.85. The normalized spacial score (nSPS) is 37.8. The molecular weight excluding hydrogens is 290 g/mol. The van der Waals surface area contributed by atoms with Crippen LogP contribution in [0.25, 0.3) is 0 Å². The number of imide groups is 1. The molecule has 0 aromatic rings. The Bertz CT molecular complexity index is 417. The highest BCUT2D eigenvalue weighted by atomic mass is 79.9. The third-order valence-corrected chi connectivity index (χ3v) is 4.19. The molecule has 1 saturated heterocycles. The highest BCUT2D eigenvalue weighted by Gasteiger charge is 2.60. The fourth-order valence-electron chi connectivity index (χ4n) is 3.09. The molecule has 2 bridgehead atoms. The number of amides is 2. The maximum Gasteiger partial charge on any atom is 0.343 e. The Morgan fingerprint density at radius 2 is 1.82 bits per heavy atom. The lowest BCUT2D eigenvalue weighted by Crippen LogP contribution is -2.35. The molecule has 3 aliphatic rings. The third kappa shape index (κ3) is 1.40. The van der Waals surface area contributed by atoms with Crippen LogP contribution in [0, 0.1) is 23.7 Å². The van der Waals surface area contributed by atoms with E-state index in [1.54, 1.807) is 0 Å². The molecule has 90 valence electrons. The molecule has 0 radical (unpaired) electrons. The number of nitrogens with zero attached hydrogens (tertiary/aromatic N) is 1. The van der Waals surface area contributed by atoms with Crippen molar-refractivity contribution in [2.45, 2.75) is 6.42 Å². The molecule has 0 N–H and O–H groups in total. The van der Waals surface area contributed by atoms with E-state index in [-0.39, 0.29) is 40.8 Å². The Morgan fingerprint density at radius 1 is 1.29 bits per heavy atom. The number of fused-ring (bicyclic) bond motifs is 5. The first-order chi connectivity index (χ1) is 8.13. The molecule has 3 rings (SSSR count). The number of allylic oxidation sites excluding steroid dienone is 2. The van der Waals surface area contributed by atoms with Crippen molar-refractivity contribution < 1.29 is 19.2 Å². The van der Waals surface area contributed by atoms with Crippen molar-refractivity contribution in [3.63, 3.8) is 0 Å². The molecule has 2 fully saturated rings. The Morgan fingerprint density at radius 3 is 2.29 bits per heavy atom. The number of carbonyl (C=O) groups excluding carboxylic acids is 3. The minimum Gasteiger partial charge on any atom is -0.329 e. The van der Waals surface area contributed by atoms with Gasteiger partial charge in [0.05, 0.1) is 11.8 Å². The lowest BCUT2D eigenvalue weighted by Gasteiger charge is -2.14. The first-order valence-electron chi connectivity index (χ1n) is 5.46. The van der Waals surface area contributed by atoms with Crippen LogP contribution in [-0.4, -0.2) is 28.2 Å². The van der Waals surface area contributed by atoms with E-state index in [2.05, 4.69) is 15.9 Å². The molecule has 1 aliphatic heterocycles. The fourth-order valence-corrected chi connectivity index (χ4v) is 3.19. The predicted octanol–water partition coefficient (Wildman–Crippen LogP) is 0.647. The van der Waals surface area contributed by atoms with E-state index < -0.39 is 5.97 Å². The number of carbonyl (C=O) groups is 3. The van der Waals surface area contributed by atoms with Crippen LogP contribution in [0.3, 0.4) is 0 Å². The van der Waals surface area contributed by atoms with Gasteiger partial charge in [-0.25, -0.2) is 4.79 Å². The summed E-state index contributed by atoms with van der Waals surface area (Å²) in [6.45, 7) is 0. The number of rotatable bonds is 2. The minimum absolute atomic E-state index is 0.0372. The second-order valence-electron chi connectivity index (χ2n) is 4.57. The Labute approximate surface area is 106 Å². The Kier molecular flexibility index (Phi) is 2.36. The van der Waals surface area contributed by atoms with Crippen molar-refractivity contribution in [3.05, 3.63) is 12.2 Å². The Hall–Kier alpha value is -1.17. The van der Waals surface area contributed by atoms with Gasteiger partial charge in [-0.2, -0.15) is 0 Å². The van der Waals surface area contributed by atoms with Crippen LogP contribution in [0.15, 0.2) is 12.2 Å². The van der Waals surface area contributed by atoms with Gasteiger partial charge >= 0.3 is 5.97 Å². The van der Waals surface area contributed by atoms with Crippen molar-refractivity contribution in [2.75, 3.05) is 5.33 Å². The van der Waals surface area contributed by atoms with Gasteiger partial charge in [0, 0.05) is 0 Å². The standard InChI is InChI=1S/C11H10BrNO4/c12-4-7(14)17-13-10(15)8-5-1-2-6(3-5)9(8)11(13)16/h1-2,5-6,8-9H,3-4H2/t5-,6?,8?,9?/m0/s1. The molecule has 0 spiro atoms. The van der Waals surface area contributed by atoms with E-state index in [9.17, 15) is 14.4 Å². The van der Waals surface area contributed by atoms with Gasteiger partial charge in [0.15, 0.2) is 0 Å². The number of hydrogen-bond donors (Lipinski definition) is 0.